The number of benzene rings is 2. The van der Waals surface area contributed by atoms with E-state index in [1.54, 1.807) is 18.4 Å². The lowest BCUT2D eigenvalue weighted by molar-refractivity contribution is 0.0207. The molecule has 1 aliphatic heterocycles. The summed E-state index contributed by atoms with van der Waals surface area (Å²) in [4.78, 5) is 8.23. The maximum Gasteiger partial charge on any atom is 0.125 e. The van der Waals surface area contributed by atoms with Gasteiger partial charge in [-0.2, -0.15) is 0 Å². The fourth-order valence-electron chi connectivity index (χ4n) is 4.00. The van der Waals surface area contributed by atoms with Crippen LogP contribution in [0.2, 0.25) is 0 Å². The number of hydrogen-bond donors (Lipinski definition) is 1. The summed E-state index contributed by atoms with van der Waals surface area (Å²) in [7, 11) is 1.69. The predicted octanol–water partition coefficient (Wildman–Crippen LogP) is 4.91. The molecule has 1 fully saturated rings. The van der Waals surface area contributed by atoms with Crippen molar-refractivity contribution in [2.24, 2.45) is 0 Å². The second-order valence-corrected chi connectivity index (χ2v) is 9.23. The van der Waals surface area contributed by atoms with Crippen molar-refractivity contribution in [1.29, 1.82) is 0 Å². The molecule has 0 bridgehead atoms. The van der Waals surface area contributed by atoms with Crippen LogP contribution in [-0.4, -0.2) is 35.2 Å². The fourth-order valence-corrected chi connectivity index (χ4v) is 5.12. The zero-order valence-corrected chi connectivity index (χ0v) is 19.0. The Hall–Kier alpha value is -2.41. The Kier molecular flexibility index (Phi) is 6.90. The van der Waals surface area contributed by atoms with Crippen LogP contribution in [0.25, 0.3) is 0 Å². The Bertz CT molecular complexity index is 991. The average molecular weight is 439 g/mol. The molecule has 2 heterocycles. The largest absolute Gasteiger partial charge is 0.497 e. The number of nitrogens with zero attached hydrogens (tertiary/aromatic N) is 2. The molecule has 0 radical (unpaired) electrons. The molecule has 5 nitrogen and oxygen atoms in total. The standard InChI is InChI=1S/C25H30N2O3S/c1-19-23(18-30-21-9-4-3-5-10-21)31-24(26-19)25(28)12-7-14-27(15-13-25)17-20-8-6-11-22(16-20)29-2/h3-6,8-11,16,28H,7,12-15,17-18H2,1-2H3/t25-/m1/s1. The third kappa shape index (κ3) is 5.45. The monoisotopic (exact) mass is 438 g/mol. The van der Waals surface area contributed by atoms with Gasteiger partial charge in [-0.3, -0.25) is 4.90 Å². The van der Waals surface area contributed by atoms with Crippen LogP contribution in [0.4, 0.5) is 0 Å². The van der Waals surface area contributed by atoms with Crippen molar-refractivity contribution >= 4 is 11.3 Å². The van der Waals surface area contributed by atoms with E-state index in [0.29, 0.717) is 13.0 Å². The van der Waals surface area contributed by atoms with Crippen LogP contribution < -0.4 is 9.47 Å². The number of ether oxygens (including phenoxy) is 2. The summed E-state index contributed by atoms with van der Waals surface area (Å²) in [5.41, 5.74) is 1.31. The fraction of sp³-hybridized carbons (Fsp3) is 0.400. The van der Waals surface area contributed by atoms with E-state index in [9.17, 15) is 5.11 Å². The van der Waals surface area contributed by atoms with Gasteiger partial charge in [0.15, 0.2) is 0 Å². The van der Waals surface area contributed by atoms with Crippen LogP contribution >= 0.6 is 11.3 Å². The molecule has 1 atom stereocenters. The van der Waals surface area contributed by atoms with Gasteiger partial charge in [-0.1, -0.05) is 30.3 Å². The molecule has 1 N–H and O–H groups in total. The van der Waals surface area contributed by atoms with Gasteiger partial charge in [0.2, 0.25) is 0 Å². The lowest BCUT2D eigenvalue weighted by atomic mass is 9.96. The number of aryl methyl sites for hydroxylation is 1. The van der Waals surface area contributed by atoms with E-state index < -0.39 is 5.60 Å². The second kappa shape index (κ2) is 9.81. The smallest absolute Gasteiger partial charge is 0.125 e. The van der Waals surface area contributed by atoms with Crippen molar-refractivity contribution in [2.75, 3.05) is 20.2 Å². The highest BCUT2D eigenvalue weighted by Crippen LogP contribution is 2.37. The van der Waals surface area contributed by atoms with Crippen LogP contribution in [0.1, 0.15) is 40.4 Å². The highest BCUT2D eigenvalue weighted by atomic mass is 32.1. The minimum absolute atomic E-state index is 0.478. The van der Waals surface area contributed by atoms with Gasteiger partial charge < -0.3 is 14.6 Å². The first-order valence-electron chi connectivity index (χ1n) is 10.8. The molecule has 1 aromatic heterocycles. The second-order valence-electron chi connectivity index (χ2n) is 8.14. The quantitative estimate of drug-likeness (QED) is 0.568. The van der Waals surface area contributed by atoms with E-state index in [0.717, 1.165) is 59.6 Å². The number of likely N-dealkylation sites (tertiary alicyclic amines) is 1. The van der Waals surface area contributed by atoms with Crippen molar-refractivity contribution in [3.05, 3.63) is 75.7 Å². The van der Waals surface area contributed by atoms with Crippen LogP contribution in [0.15, 0.2) is 54.6 Å². The Morgan fingerprint density at radius 2 is 1.87 bits per heavy atom. The lowest BCUT2D eigenvalue weighted by Crippen LogP contribution is -2.29. The molecular formula is C25H30N2O3S. The van der Waals surface area contributed by atoms with E-state index >= 15 is 0 Å². The van der Waals surface area contributed by atoms with Crippen molar-refractivity contribution in [3.8, 4) is 11.5 Å². The van der Waals surface area contributed by atoms with Crippen molar-refractivity contribution in [2.45, 2.75) is 44.9 Å². The molecular weight excluding hydrogens is 408 g/mol. The van der Waals surface area contributed by atoms with Crippen molar-refractivity contribution < 1.29 is 14.6 Å². The van der Waals surface area contributed by atoms with E-state index in [2.05, 4.69) is 17.0 Å². The molecule has 2 aromatic carbocycles. The summed E-state index contributed by atoms with van der Waals surface area (Å²) in [6, 6.07) is 18.0. The Morgan fingerprint density at radius 3 is 2.68 bits per heavy atom. The van der Waals surface area contributed by atoms with E-state index in [1.807, 2.05) is 49.4 Å². The molecule has 0 unspecified atom stereocenters. The van der Waals surface area contributed by atoms with Crippen molar-refractivity contribution in [1.82, 2.24) is 9.88 Å². The highest BCUT2D eigenvalue weighted by Gasteiger charge is 2.35. The Labute approximate surface area is 188 Å². The number of hydrogen-bond acceptors (Lipinski definition) is 6. The van der Waals surface area contributed by atoms with Gasteiger partial charge in [-0.05, 0) is 62.6 Å². The number of methoxy groups -OCH3 is 1. The number of thiazole rings is 1. The van der Waals surface area contributed by atoms with E-state index in [1.165, 1.54) is 5.56 Å². The summed E-state index contributed by atoms with van der Waals surface area (Å²) in [6.07, 6.45) is 2.35. The third-order valence-corrected chi connectivity index (χ3v) is 7.17. The molecule has 4 rings (SSSR count). The summed E-state index contributed by atoms with van der Waals surface area (Å²) in [5.74, 6) is 1.73. The maximum absolute atomic E-state index is 11.5. The van der Waals surface area contributed by atoms with Gasteiger partial charge >= 0.3 is 0 Å². The van der Waals surface area contributed by atoms with Crippen molar-refractivity contribution in [3.63, 3.8) is 0 Å². The SMILES string of the molecule is COc1cccc(CN2CCC[C@](O)(c3nc(C)c(COc4ccccc4)s3)CC2)c1. The van der Waals surface area contributed by atoms with Crippen LogP contribution in [0.5, 0.6) is 11.5 Å². The summed E-state index contributed by atoms with van der Waals surface area (Å²) in [5, 5.41) is 12.3. The first-order chi connectivity index (χ1) is 15.1. The maximum atomic E-state index is 11.5. The normalized spacial score (nSPS) is 19.7. The summed E-state index contributed by atoms with van der Waals surface area (Å²) in [6.45, 7) is 5.14. The lowest BCUT2D eigenvalue weighted by Gasteiger charge is -2.25. The zero-order chi connectivity index (χ0) is 21.7. The molecule has 0 saturated carbocycles. The van der Waals surface area contributed by atoms with Gasteiger partial charge in [-0.15, -0.1) is 11.3 Å². The number of rotatable bonds is 7. The van der Waals surface area contributed by atoms with Gasteiger partial charge in [-0.25, -0.2) is 4.98 Å². The Morgan fingerprint density at radius 1 is 1.06 bits per heavy atom. The first-order valence-corrected chi connectivity index (χ1v) is 11.6. The number of aromatic nitrogens is 1. The third-order valence-electron chi connectivity index (χ3n) is 5.85. The first kappa shape index (κ1) is 21.8. The number of aliphatic hydroxyl groups is 1. The molecule has 1 saturated heterocycles. The molecule has 0 amide bonds. The summed E-state index contributed by atoms with van der Waals surface area (Å²) >= 11 is 1.58. The van der Waals surface area contributed by atoms with Crippen LogP contribution in [-0.2, 0) is 18.8 Å². The van der Waals surface area contributed by atoms with Gasteiger partial charge in [0.05, 0.1) is 17.7 Å². The molecule has 6 heteroatoms. The summed E-state index contributed by atoms with van der Waals surface area (Å²) < 4.78 is 11.2. The Balaban J connectivity index is 1.40. The molecule has 164 valence electrons. The van der Waals surface area contributed by atoms with Gasteiger partial charge in [0, 0.05) is 13.1 Å². The molecule has 1 aliphatic rings. The molecule has 3 aromatic rings. The highest BCUT2D eigenvalue weighted by molar-refractivity contribution is 7.11. The topological polar surface area (TPSA) is 54.8 Å². The number of para-hydroxylation sites is 1. The van der Waals surface area contributed by atoms with Crippen LogP contribution in [0, 0.1) is 6.92 Å². The minimum atomic E-state index is -0.871. The molecule has 31 heavy (non-hydrogen) atoms. The van der Waals surface area contributed by atoms with Gasteiger partial charge in [0.1, 0.15) is 28.7 Å². The van der Waals surface area contributed by atoms with E-state index in [-0.39, 0.29) is 0 Å². The van der Waals surface area contributed by atoms with Gasteiger partial charge in [0.25, 0.3) is 0 Å². The molecule has 0 aliphatic carbocycles. The van der Waals surface area contributed by atoms with Crippen LogP contribution in [0.3, 0.4) is 0 Å². The molecule has 0 spiro atoms. The zero-order valence-electron chi connectivity index (χ0n) is 18.2. The average Bonchev–Trinajstić information content (AvgIpc) is 3.07. The minimum Gasteiger partial charge on any atom is -0.497 e. The van der Waals surface area contributed by atoms with E-state index in [4.69, 9.17) is 14.5 Å². The predicted molar refractivity (Wildman–Crippen MR) is 124 cm³/mol.